The monoisotopic (exact) mass is 246 g/mol. The van der Waals surface area contributed by atoms with Crippen molar-refractivity contribution in [3.8, 4) is 10.7 Å². The van der Waals surface area contributed by atoms with Crippen molar-refractivity contribution >= 4 is 35.0 Å². The Labute approximate surface area is 103 Å². The summed E-state index contributed by atoms with van der Waals surface area (Å²) in [6, 6.07) is 10.2. The molecule has 0 aliphatic rings. The summed E-state index contributed by atoms with van der Waals surface area (Å²) in [7, 11) is 2.04. The van der Waals surface area contributed by atoms with Gasteiger partial charge in [-0.05, 0) is 29.6 Å². The number of rotatable bonds is 1. The van der Waals surface area contributed by atoms with Gasteiger partial charge in [0.15, 0.2) is 5.82 Å². The first-order valence-corrected chi connectivity index (χ1v) is 6.28. The maximum Gasteiger partial charge on any atom is 0.150 e. The van der Waals surface area contributed by atoms with Crippen LogP contribution in [0.3, 0.4) is 0 Å². The maximum atomic E-state index is 4.64. The Bertz CT molecular complexity index is 638. The molecule has 0 N–H and O–H groups in total. The van der Waals surface area contributed by atoms with Crippen molar-refractivity contribution < 1.29 is 0 Å². The van der Waals surface area contributed by atoms with Gasteiger partial charge in [-0.25, -0.2) is 4.98 Å². The Hall–Kier alpha value is -1.26. The molecule has 0 saturated heterocycles. The Morgan fingerprint density at radius 2 is 2.19 bits per heavy atom. The number of hydrogen-bond acceptors (Lipinski definition) is 3. The summed E-state index contributed by atoms with van der Waals surface area (Å²) in [5, 5.41) is 2.07. The van der Waals surface area contributed by atoms with Crippen molar-refractivity contribution in [1.82, 2.24) is 9.55 Å². The molecule has 2 heterocycles. The van der Waals surface area contributed by atoms with Crippen LogP contribution in [-0.4, -0.2) is 9.55 Å². The van der Waals surface area contributed by atoms with Gasteiger partial charge in [0, 0.05) is 11.9 Å². The molecule has 4 heteroatoms. The summed E-state index contributed by atoms with van der Waals surface area (Å²) in [5.41, 5.74) is 2.14. The predicted molar refractivity (Wildman–Crippen MR) is 71.3 cm³/mol. The van der Waals surface area contributed by atoms with Crippen LogP contribution >= 0.6 is 24.0 Å². The second-order valence-electron chi connectivity index (χ2n) is 3.64. The van der Waals surface area contributed by atoms with Crippen LogP contribution < -0.4 is 0 Å². The molecule has 0 aliphatic carbocycles. The van der Waals surface area contributed by atoms with Gasteiger partial charge in [0.05, 0.1) is 15.9 Å². The van der Waals surface area contributed by atoms with Gasteiger partial charge >= 0.3 is 0 Å². The highest BCUT2D eigenvalue weighted by molar-refractivity contribution is 7.80. The second kappa shape index (κ2) is 3.64. The fraction of sp³-hybridized carbons (Fsp3) is 0.0833. The molecule has 0 amide bonds. The van der Waals surface area contributed by atoms with Gasteiger partial charge in [-0.1, -0.05) is 6.07 Å². The van der Waals surface area contributed by atoms with Crippen LogP contribution in [0.2, 0.25) is 0 Å². The first-order valence-electron chi connectivity index (χ1n) is 4.95. The molecular weight excluding hydrogens is 236 g/mol. The fourth-order valence-corrected chi connectivity index (χ4v) is 2.75. The van der Waals surface area contributed by atoms with E-state index in [4.69, 9.17) is 0 Å². The zero-order valence-corrected chi connectivity index (χ0v) is 10.4. The summed E-state index contributed by atoms with van der Waals surface area (Å²) >= 11 is 6.06. The summed E-state index contributed by atoms with van der Waals surface area (Å²) < 4.78 is 2.11. The molecule has 0 bridgehead atoms. The summed E-state index contributed by atoms with van der Waals surface area (Å²) in [6.07, 6.45) is 0. The van der Waals surface area contributed by atoms with E-state index >= 15 is 0 Å². The quantitative estimate of drug-likeness (QED) is 0.650. The van der Waals surface area contributed by atoms with Crippen LogP contribution in [0.4, 0.5) is 0 Å². The Balaban J connectivity index is 2.32. The van der Waals surface area contributed by atoms with Gasteiger partial charge in [-0.2, -0.15) is 0 Å². The van der Waals surface area contributed by atoms with Crippen LogP contribution in [0.5, 0.6) is 0 Å². The van der Waals surface area contributed by atoms with E-state index in [0.717, 1.165) is 21.8 Å². The third kappa shape index (κ3) is 1.45. The molecular formula is C12H10N2S2. The average molecular weight is 246 g/mol. The van der Waals surface area contributed by atoms with Crippen molar-refractivity contribution in [3.05, 3.63) is 35.7 Å². The number of nitrogens with zero attached hydrogens (tertiary/aromatic N) is 2. The molecule has 2 aromatic heterocycles. The van der Waals surface area contributed by atoms with Crippen LogP contribution in [0.1, 0.15) is 0 Å². The van der Waals surface area contributed by atoms with Crippen LogP contribution in [0, 0.1) is 0 Å². The number of aryl methyl sites for hydroxylation is 1. The molecule has 0 fully saturated rings. The van der Waals surface area contributed by atoms with Gasteiger partial charge in [-0.3, -0.25) is 0 Å². The summed E-state index contributed by atoms with van der Waals surface area (Å²) in [4.78, 5) is 6.80. The van der Waals surface area contributed by atoms with E-state index < -0.39 is 0 Å². The van der Waals surface area contributed by atoms with Crippen LogP contribution in [0.15, 0.2) is 40.6 Å². The lowest BCUT2D eigenvalue weighted by Crippen LogP contribution is -1.90. The topological polar surface area (TPSA) is 17.8 Å². The van der Waals surface area contributed by atoms with Gasteiger partial charge in [0.25, 0.3) is 0 Å². The predicted octanol–water partition coefficient (Wildman–Crippen LogP) is 3.59. The molecule has 0 unspecified atom stereocenters. The summed E-state index contributed by atoms with van der Waals surface area (Å²) in [6.45, 7) is 0. The molecule has 1 aromatic carbocycles. The third-order valence-electron chi connectivity index (χ3n) is 2.61. The highest BCUT2D eigenvalue weighted by Crippen LogP contribution is 2.27. The largest absolute Gasteiger partial charge is 0.326 e. The number of imidazole rings is 1. The Kier molecular flexibility index (Phi) is 2.26. The van der Waals surface area contributed by atoms with E-state index in [1.807, 2.05) is 31.3 Å². The van der Waals surface area contributed by atoms with Gasteiger partial charge < -0.3 is 4.57 Å². The Morgan fingerprint density at radius 3 is 2.94 bits per heavy atom. The smallest absolute Gasteiger partial charge is 0.150 e. The first kappa shape index (κ1) is 9.93. The first-order chi connectivity index (χ1) is 7.75. The minimum absolute atomic E-state index is 0.966. The number of fused-ring (bicyclic) bond motifs is 1. The van der Waals surface area contributed by atoms with Crippen LogP contribution in [0.25, 0.3) is 21.7 Å². The maximum absolute atomic E-state index is 4.64. The highest BCUT2D eigenvalue weighted by Gasteiger charge is 2.10. The lowest BCUT2D eigenvalue weighted by atomic mass is 10.3. The van der Waals surface area contributed by atoms with Crippen molar-refractivity contribution in [3.63, 3.8) is 0 Å². The normalized spacial score (nSPS) is 11.1. The van der Waals surface area contributed by atoms with Crippen molar-refractivity contribution in [2.24, 2.45) is 7.05 Å². The minimum Gasteiger partial charge on any atom is -0.326 e. The zero-order valence-electron chi connectivity index (χ0n) is 8.71. The van der Waals surface area contributed by atoms with Gasteiger partial charge in [-0.15, -0.1) is 24.0 Å². The van der Waals surface area contributed by atoms with Gasteiger partial charge in [0.2, 0.25) is 0 Å². The molecule has 3 rings (SSSR count). The lowest BCUT2D eigenvalue weighted by Gasteiger charge is -1.99. The second-order valence-corrected chi connectivity index (χ2v) is 5.11. The van der Waals surface area contributed by atoms with Crippen molar-refractivity contribution in [1.29, 1.82) is 0 Å². The number of benzene rings is 1. The van der Waals surface area contributed by atoms with Crippen molar-refractivity contribution in [2.75, 3.05) is 0 Å². The SMILES string of the molecule is Cn1c(-c2cccs2)nc2ccc(S)cc21. The van der Waals surface area contributed by atoms with Crippen LogP contribution in [-0.2, 0) is 7.05 Å². The van der Waals surface area contributed by atoms with E-state index in [2.05, 4.69) is 33.6 Å². The zero-order chi connectivity index (χ0) is 11.1. The van der Waals surface area contributed by atoms with E-state index in [9.17, 15) is 0 Å². The summed E-state index contributed by atoms with van der Waals surface area (Å²) in [5.74, 6) is 1.02. The number of aromatic nitrogens is 2. The molecule has 0 radical (unpaired) electrons. The lowest BCUT2D eigenvalue weighted by molar-refractivity contribution is 0.961. The van der Waals surface area contributed by atoms with Crippen molar-refractivity contribution in [2.45, 2.75) is 4.90 Å². The molecule has 3 aromatic rings. The van der Waals surface area contributed by atoms with E-state index in [0.29, 0.717) is 0 Å². The molecule has 80 valence electrons. The molecule has 0 aliphatic heterocycles. The van der Waals surface area contributed by atoms with Gasteiger partial charge in [0.1, 0.15) is 0 Å². The molecule has 0 saturated carbocycles. The fourth-order valence-electron chi connectivity index (χ4n) is 1.80. The Morgan fingerprint density at radius 1 is 1.31 bits per heavy atom. The third-order valence-corrected chi connectivity index (χ3v) is 3.75. The molecule has 0 spiro atoms. The molecule has 0 atom stereocenters. The van der Waals surface area contributed by atoms with E-state index in [-0.39, 0.29) is 0 Å². The average Bonchev–Trinajstić information content (AvgIpc) is 2.87. The molecule has 16 heavy (non-hydrogen) atoms. The standard InChI is InChI=1S/C12H10N2S2/c1-14-10-7-8(15)4-5-9(10)13-12(14)11-3-2-6-16-11/h2-7,15H,1H3. The molecule has 2 nitrogen and oxygen atoms in total. The number of hydrogen-bond donors (Lipinski definition) is 1. The minimum atomic E-state index is 0.966. The highest BCUT2D eigenvalue weighted by atomic mass is 32.1. The van der Waals surface area contributed by atoms with E-state index in [1.54, 1.807) is 11.3 Å². The van der Waals surface area contributed by atoms with E-state index in [1.165, 1.54) is 4.88 Å². The number of thiophene rings is 1. The number of thiol groups is 1.